The molecule has 0 bridgehead atoms. The van der Waals surface area contributed by atoms with Crippen molar-refractivity contribution in [1.82, 2.24) is 14.2 Å². The van der Waals surface area contributed by atoms with Gasteiger partial charge in [0, 0.05) is 48.5 Å². The molecule has 1 aromatic heterocycles. The predicted octanol–water partition coefficient (Wildman–Crippen LogP) is 3.61. The van der Waals surface area contributed by atoms with E-state index in [1.54, 1.807) is 6.20 Å². The number of carbonyl (C=O) groups is 2. The van der Waals surface area contributed by atoms with E-state index in [9.17, 15) is 23.1 Å². The average molecular weight is 566 g/mol. The zero-order valence-electron chi connectivity index (χ0n) is 19.2. The molecular weight excluding hydrogens is 538 g/mol. The maximum Gasteiger partial charge on any atom is 0.410 e. The minimum Gasteiger partial charge on any atom is -0.480 e. The molecule has 9 nitrogen and oxygen atoms in total. The number of nitrogens with zero attached hydrogens (tertiary/aromatic N) is 3. The van der Waals surface area contributed by atoms with Crippen molar-refractivity contribution in [3.05, 3.63) is 64.4 Å². The van der Waals surface area contributed by atoms with Crippen LogP contribution < -0.4 is 0 Å². The summed E-state index contributed by atoms with van der Waals surface area (Å²) < 4.78 is 32.7. The van der Waals surface area contributed by atoms with Crippen molar-refractivity contribution >= 4 is 38.0 Å². The summed E-state index contributed by atoms with van der Waals surface area (Å²) in [4.78, 5) is 30.6. The minimum atomic E-state index is -4.14. The quantitative estimate of drug-likeness (QED) is 0.568. The summed E-state index contributed by atoms with van der Waals surface area (Å²) in [6, 6.07) is 13.0. The van der Waals surface area contributed by atoms with E-state index in [0.717, 1.165) is 15.7 Å². The molecule has 1 amide bonds. The molecule has 35 heavy (non-hydrogen) atoms. The van der Waals surface area contributed by atoms with Crippen LogP contribution in [0.2, 0.25) is 0 Å². The predicted molar refractivity (Wildman–Crippen MR) is 132 cm³/mol. The van der Waals surface area contributed by atoms with Crippen LogP contribution in [0.25, 0.3) is 0 Å². The molecule has 2 saturated heterocycles. The largest absolute Gasteiger partial charge is 0.480 e. The van der Waals surface area contributed by atoms with Gasteiger partial charge in [0.05, 0.1) is 0 Å². The van der Waals surface area contributed by atoms with Crippen molar-refractivity contribution in [3.63, 3.8) is 0 Å². The van der Waals surface area contributed by atoms with Gasteiger partial charge in [-0.25, -0.2) is 17.5 Å². The standard InChI is InChI=1S/C24H28BrN3O6S/c25-20-6-7-21(26-16-20)19-8-12-28(13-9-19)35(32,33)24(22(29)30)10-14-27(15-11-24)23(31)34-17-18-4-2-1-3-5-18/h1-7,16,19H,8-15,17H2,(H,29,30). The topological polar surface area (TPSA) is 117 Å². The lowest BCUT2D eigenvalue weighted by Gasteiger charge is -2.42. The second kappa shape index (κ2) is 10.6. The van der Waals surface area contributed by atoms with Crippen LogP contribution in [-0.2, 0) is 26.2 Å². The highest BCUT2D eigenvalue weighted by Gasteiger charge is 2.56. The first-order valence-electron chi connectivity index (χ1n) is 11.5. The fraction of sp³-hybridized carbons (Fsp3) is 0.458. The number of hydrogen-bond acceptors (Lipinski definition) is 6. The van der Waals surface area contributed by atoms with Crippen molar-refractivity contribution in [3.8, 4) is 0 Å². The first kappa shape index (κ1) is 25.6. The fourth-order valence-electron chi connectivity index (χ4n) is 4.71. The Morgan fingerprint density at radius 1 is 1.06 bits per heavy atom. The van der Waals surface area contributed by atoms with Gasteiger partial charge in [-0.2, -0.15) is 0 Å². The molecular formula is C24H28BrN3O6S. The molecule has 1 aromatic carbocycles. The molecule has 0 unspecified atom stereocenters. The Bertz CT molecular complexity index is 1140. The molecule has 1 N–H and O–H groups in total. The molecule has 4 rings (SSSR count). The number of ether oxygens (including phenoxy) is 1. The zero-order valence-corrected chi connectivity index (χ0v) is 21.6. The summed E-state index contributed by atoms with van der Waals surface area (Å²) in [5.41, 5.74) is 1.74. The van der Waals surface area contributed by atoms with E-state index < -0.39 is 26.8 Å². The molecule has 2 aliphatic heterocycles. The third-order valence-electron chi connectivity index (χ3n) is 6.88. The van der Waals surface area contributed by atoms with E-state index in [2.05, 4.69) is 20.9 Å². The molecule has 0 atom stereocenters. The maximum atomic E-state index is 13.6. The molecule has 0 radical (unpaired) electrons. The summed E-state index contributed by atoms with van der Waals surface area (Å²) in [7, 11) is -4.14. The summed E-state index contributed by atoms with van der Waals surface area (Å²) in [5.74, 6) is -1.25. The molecule has 11 heteroatoms. The first-order valence-corrected chi connectivity index (χ1v) is 13.8. The molecule has 2 fully saturated rings. The maximum absolute atomic E-state index is 13.6. The number of sulfonamides is 1. The van der Waals surface area contributed by atoms with Crippen LogP contribution >= 0.6 is 15.9 Å². The molecule has 0 saturated carbocycles. The first-order chi connectivity index (χ1) is 16.7. The van der Waals surface area contributed by atoms with Gasteiger partial charge in [-0.3, -0.25) is 9.78 Å². The van der Waals surface area contributed by atoms with E-state index >= 15 is 0 Å². The fourth-order valence-corrected chi connectivity index (χ4v) is 7.05. The van der Waals surface area contributed by atoms with E-state index in [0.29, 0.717) is 12.8 Å². The van der Waals surface area contributed by atoms with Crippen LogP contribution in [0.3, 0.4) is 0 Å². The summed E-state index contributed by atoms with van der Waals surface area (Å²) in [5, 5.41) is 10.0. The lowest BCUT2D eigenvalue weighted by Crippen LogP contribution is -2.60. The number of benzene rings is 1. The molecule has 0 aliphatic carbocycles. The van der Waals surface area contributed by atoms with Crippen molar-refractivity contribution in [1.29, 1.82) is 0 Å². The number of carboxylic acids is 1. The van der Waals surface area contributed by atoms with E-state index in [1.807, 2.05) is 42.5 Å². The number of carboxylic acid groups (broad SMARTS) is 1. The van der Waals surface area contributed by atoms with E-state index in [4.69, 9.17) is 4.74 Å². The smallest absolute Gasteiger partial charge is 0.410 e. The monoisotopic (exact) mass is 565 g/mol. The van der Waals surface area contributed by atoms with Crippen LogP contribution in [-0.4, -0.2) is 70.7 Å². The third kappa shape index (κ3) is 5.36. The SMILES string of the molecule is O=C(OCc1ccccc1)N1CCC(C(=O)O)(S(=O)(=O)N2CCC(c3ccc(Br)cn3)CC2)CC1. The van der Waals surface area contributed by atoms with E-state index in [-0.39, 0.29) is 51.5 Å². The Morgan fingerprint density at radius 2 is 1.71 bits per heavy atom. The van der Waals surface area contributed by atoms with Gasteiger partial charge in [-0.05, 0) is 59.3 Å². The van der Waals surface area contributed by atoms with Gasteiger partial charge in [-0.1, -0.05) is 30.3 Å². The molecule has 3 heterocycles. The van der Waals surface area contributed by atoms with Gasteiger partial charge in [0.1, 0.15) is 6.61 Å². The molecule has 2 aliphatic rings. The Balaban J connectivity index is 1.38. The second-order valence-electron chi connectivity index (χ2n) is 8.91. The van der Waals surface area contributed by atoms with Crippen LogP contribution in [0, 0.1) is 0 Å². The highest BCUT2D eigenvalue weighted by Crippen LogP contribution is 2.37. The Labute approximate surface area is 213 Å². The summed E-state index contributed by atoms with van der Waals surface area (Å²) >= 11 is 3.36. The Kier molecular flexibility index (Phi) is 7.77. The van der Waals surface area contributed by atoms with Crippen LogP contribution in [0.5, 0.6) is 0 Å². The number of likely N-dealkylation sites (tertiary alicyclic amines) is 1. The lowest BCUT2D eigenvalue weighted by atomic mass is 9.94. The normalized spacial score (nSPS) is 19.3. The zero-order chi connectivity index (χ0) is 25.1. The molecule has 188 valence electrons. The number of aromatic nitrogens is 1. The van der Waals surface area contributed by atoms with Crippen LogP contribution in [0.15, 0.2) is 53.1 Å². The highest BCUT2D eigenvalue weighted by atomic mass is 79.9. The van der Waals surface area contributed by atoms with Crippen molar-refractivity contribution in [2.45, 2.75) is 43.0 Å². The average Bonchev–Trinajstić information content (AvgIpc) is 2.88. The molecule has 0 spiro atoms. The number of amides is 1. The Hall–Kier alpha value is -2.50. The minimum absolute atomic E-state index is 0.00156. The number of aliphatic carboxylic acids is 1. The number of halogens is 1. The van der Waals surface area contributed by atoms with Gasteiger partial charge < -0.3 is 14.7 Å². The number of pyridine rings is 1. The van der Waals surface area contributed by atoms with Gasteiger partial charge in [0.15, 0.2) is 4.75 Å². The molecule has 2 aromatic rings. The third-order valence-corrected chi connectivity index (χ3v) is 9.96. The van der Waals surface area contributed by atoms with Gasteiger partial charge in [0.2, 0.25) is 10.0 Å². The van der Waals surface area contributed by atoms with Crippen molar-refractivity contribution in [2.75, 3.05) is 26.2 Å². The Morgan fingerprint density at radius 3 is 2.29 bits per heavy atom. The summed E-state index contributed by atoms with van der Waals surface area (Å²) in [6.07, 6.45) is 1.92. The van der Waals surface area contributed by atoms with Crippen molar-refractivity contribution < 1.29 is 27.9 Å². The second-order valence-corrected chi connectivity index (χ2v) is 12.1. The number of hydrogen-bond donors (Lipinski definition) is 1. The van der Waals surface area contributed by atoms with Crippen molar-refractivity contribution in [2.24, 2.45) is 0 Å². The van der Waals surface area contributed by atoms with Crippen LogP contribution in [0.1, 0.15) is 42.9 Å². The summed E-state index contributed by atoms with van der Waals surface area (Å²) in [6.45, 7) is 0.572. The van der Waals surface area contributed by atoms with Gasteiger partial charge in [0.25, 0.3) is 0 Å². The lowest BCUT2D eigenvalue weighted by molar-refractivity contribution is -0.141. The number of piperidine rings is 2. The van der Waals surface area contributed by atoms with Gasteiger partial charge in [-0.15, -0.1) is 0 Å². The number of carbonyl (C=O) groups excluding carboxylic acids is 1. The highest BCUT2D eigenvalue weighted by molar-refractivity contribution is 9.10. The van der Waals surface area contributed by atoms with Crippen LogP contribution in [0.4, 0.5) is 4.79 Å². The van der Waals surface area contributed by atoms with Gasteiger partial charge >= 0.3 is 12.1 Å². The number of rotatable bonds is 6. The van der Waals surface area contributed by atoms with E-state index in [1.165, 1.54) is 9.21 Å².